The highest BCUT2D eigenvalue weighted by Gasteiger charge is 2.21. The summed E-state index contributed by atoms with van der Waals surface area (Å²) in [7, 11) is 0. The van der Waals surface area contributed by atoms with Gasteiger partial charge in [0.2, 0.25) is 5.91 Å². The van der Waals surface area contributed by atoms with Gasteiger partial charge in [0.15, 0.2) is 0 Å². The first-order chi connectivity index (χ1) is 9.74. The van der Waals surface area contributed by atoms with Gasteiger partial charge in [0.25, 0.3) is 0 Å². The molecule has 0 aliphatic carbocycles. The Balaban J connectivity index is 1.78. The Morgan fingerprint density at radius 2 is 2.40 bits per heavy atom. The lowest BCUT2D eigenvalue weighted by Gasteiger charge is -2.12. The van der Waals surface area contributed by atoms with Gasteiger partial charge in [-0.25, -0.2) is 0 Å². The molecular weight excluding hydrogens is 254 g/mol. The highest BCUT2D eigenvalue weighted by atomic mass is 16.2. The van der Waals surface area contributed by atoms with Crippen molar-refractivity contribution in [2.24, 2.45) is 0 Å². The molecule has 20 heavy (non-hydrogen) atoms. The highest BCUT2D eigenvalue weighted by Crippen LogP contribution is 2.16. The van der Waals surface area contributed by atoms with E-state index in [1.807, 2.05) is 35.8 Å². The lowest BCUT2D eigenvalue weighted by molar-refractivity contribution is -0.117. The predicted octanol–water partition coefficient (Wildman–Crippen LogP) is 1.27. The van der Waals surface area contributed by atoms with Gasteiger partial charge >= 0.3 is 0 Å². The van der Waals surface area contributed by atoms with Crippen molar-refractivity contribution in [1.29, 1.82) is 0 Å². The summed E-state index contributed by atoms with van der Waals surface area (Å²) in [5.41, 5.74) is 1.72. The van der Waals surface area contributed by atoms with Crippen molar-refractivity contribution in [2.45, 2.75) is 25.8 Å². The summed E-state index contributed by atoms with van der Waals surface area (Å²) in [5, 5.41) is 14.0. The number of hydrogen-bond donors (Lipinski definition) is 2. The van der Waals surface area contributed by atoms with Crippen molar-refractivity contribution in [2.75, 3.05) is 11.9 Å². The molecule has 2 aromatic rings. The molecule has 3 rings (SSSR count). The van der Waals surface area contributed by atoms with Crippen LogP contribution in [-0.4, -0.2) is 33.3 Å². The van der Waals surface area contributed by atoms with E-state index in [9.17, 15) is 4.79 Å². The summed E-state index contributed by atoms with van der Waals surface area (Å²) >= 11 is 0. The van der Waals surface area contributed by atoms with E-state index < -0.39 is 0 Å². The van der Waals surface area contributed by atoms with Crippen molar-refractivity contribution in [3.8, 4) is 5.69 Å². The van der Waals surface area contributed by atoms with Crippen LogP contribution in [0, 0.1) is 6.92 Å². The zero-order chi connectivity index (χ0) is 13.9. The number of anilines is 1. The average Bonchev–Trinajstić information content (AvgIpc) is 3.10. The van der Waals surface area contributed by atoms with Crippen LogP contribution in [0.3, 0.4) is 0 Å². The first kappa shape index (κ1) is 12.8. The van der Waals surface area contributed by atoms with E-state index in [-0.39, 0.29) is 11.9 Å². The largest absolute Gasteiger partial charge is 0.325 e. The van der Waals surface area contributed by atoms with E-state index in [1.54, 1.807) is 6.33 Å². The van der Waals surface area contributed by atoms with Gasteiger partial charge in [-0.05, 0) is 44.5 Å². The Morgan fingerprint density at radius 3 is 3.10 bits per heavy atom. The minimum atomic E-state index is -0.0738. The summed E-state index contributed by atoms with van der Waals surface area (Å²) in [6, 6.07) is 7.60. The highest BCUT2D eigenvalue weighted by molar-refractivity contribution is 5.95. The lowest BCUT2D eigenvalue weighted by atomic mass is 10.2. The zero-order valence-corrected chi connectivity index (χ0v) is 11.3. The van der Waals surface area contributed by atoms with Crippen LogP contribution < -0.4 is 10.6 Å². The van der Waals surface area contributed by atoms with E-state index in [0.29, 0.717) is 0 Å². The number of benzene rings is 1. The Hall–Kier alpha value is -2.21. The standard InChI is InChI=1S/C14H17N5O/c1-10-18-16-9-19(10)12-5-2-4-11(8-12)17-14(20)13-6-3-7-15-13/h2,4-5,8-9,13,15H,3,6-7H2,1H3,(H,17,20)/t13-/m0/s1. The molecule has 1 aliphatic heterocycles. The Bertz CT molecular complexity index is 616. The third-order valence-electron chi connectivity index (χ3n) is 3.49. The molecular formula is C14H17N5O. The fourth-order valence-corrected chi connectivity index (χ4v) is 2.42. The predicted molar refractivity (Wildman–Crippen MR) is 75.8 cm³/mol. The number of aryl methyl sites for hydroxylation is 1. The molecule has 0 bridgehead atoms. The molecule has 6 nitrogen and oxygen atoms in total. The van der Waals surface area contributed by atoms with Crippen LogP contribution in [0.1, 0.15) is 18.7 Å². The van der Waals surface area contributed by atoms with Crippen molar-refractivity contribution in [1.82, 2.24) is 20.1 Å². The maximum absolute atomic E-state index is 12.1. The van der Waals surface area contributed by atoms with Gasteiger partial charge in [-0.15, -0.1) is 10.2 Å². The molecule has 0 spiro atoms. The lowest BCUT2D eigenvalue weighted by Crippen LogP contribution is -2.35. The second-order valence-corrected chi connectivity index (χ2v) is 4.94. The molecule has 2 heterocycles. The van der Waals surface area contributed by atoms with Crippen LogP contribution in [0.4, 0.5) is 5.69 Å². The molecule has 1 saturated heterocycles. The summed E-state index contributed by atoms with van der Waals surface area (Å²) in [4.78, 5) is 12.1. The molecule has 2 N–H and O–H groups in total. The fraction of sp³-hybridized carbons (Fsp3) is 0.357. The van der Waals surface area contributed by atoms with Gasteiger partial charge in [0, 0.05) is 5.69 Å². The summed E-state index contributed by atoms with van der Waals surface area (Å²) in [6.45, 7) is 2.80. The number of hydrogen-bond acceptors (Lipinski definition) is 4. The molecule has 0 unspecified atom stereocenters. The summed E-state index contributed by atoms with van der Waals surface area (Å²) in [6.07, 6.45) is 3.61. The number of amides is 1. The van der Waals surface area contributed by atoms with Crippen LogP contribution in [-0.2, 0) is 4.79 Å². The van der Waals surface area contributed by atoms with Gasteiger partial charge < -0.3 is 10.6 Å². The average molecular weight is 271 g/mol. The van der Waals surface area contributed by atoms with E-state index in [4.69, 9.17) is 0 Å². The third kappa shape index (κ3) is 2.55. The zero-order valence-electron chi connectivity index (χ0n) is 11.3. The molecule has 1 aliphatic rings. The fourth-order valence-electron chi connectivity index (χ4n) is 2.42. The second kappa shape index (κ2) is 5.42. The van der Waals surface area contributed by atoms with Crippen LogP contribution in [0.25, 0.3) is 5.69 Å². The number of nitrogens with zero attached hydrogens (tertiary/aromatic N) is 3. The van der Waals surface area contributed by atoms with E-state index in [1.165, 1.54) is 0 Å². The van der Waals surface area contributed by atoms with E-state index in [0.717, 1.165) is 36.6 Å². The Morgan fingerprint density at radius 1 is 1.50 bits per heavy atom. The normalized spacial score (nSPS) is 18.1. The van der Waals surface area contributed by atoms with Gasteiger partial charge in [-0.3, -0.25) is 9.36 Å². The Labute approximate surface area is 117 Å². The monoisotopic (exact) mass is 271 g/mol. The number of nitrogens with one attached hydrogen (secondary N) is 2. The van der Waals surface area contributed by atoms with Gasteiger partial charge in [-0.2, -0.15) is 0 Å². The minimum Gasteiger partial charge on any atom is -0.325 e. The summed E-state index contributed by atoms with van der Waals surface area (Å²) in [5.74, 6) is 0.839. The molecule has 1 amide bonds. The first-order valence-corrected chi connectivity index (χ1v) is 6.75. The van der Waals surface area contributed by atoms with Crippen LogP contribution in [0.5, 0.6) is 0 Å². The van der Waals surface area contributed by atoms with Gasteiger partial charge in [0.1, 0.15) is 12.2 Å². The molecule has 1 fully saturated rings. The number of aromatic nitrogens is 3. The third-order valence-corrected chi connectivity index (χ3v) is 3.49. The van der Waals surface area contributed by atoms with Crippen molar-refractivity contribution < 1.29 is 4.79 Å². The molecule has 104 valence electrons. The van der Waals surface area contributed by atoms with Gasteiger partial charge in [0.05, 0.1) is 11.7 Å². The van der Waals surface area contributed by atoms with Gasteiger partial charge in [-0.1, -0.05) is 6.07 Å². The molecule has 0 saturated carbocycles. The summed E-state index contributed by atoms with van der Waals surface area (Å²) < 4.78 is 1.88. The molecule has 1 aromatic heterocycles. The van der Waals surface area contributed by atoms with E-state index >= 15 is 0 Å². The van der Waals surface area contributed by atoms with Crippen LogP contribution >= 0.6 is 0 Å². The number of rotatable bonds is 3. The first-order valence-electron chi connectivity index (χ1n) is 6.75. The molecule has 1 aromatic carbocycles. The van der Waals surface area contributed by atoms with Crippen LogP contribution in [0.2, 0.25) is 0 Å². The molecule has 1 atom stereocenters. The quantitative estimate of drug-likeness (QED) is 0.881. The topological polar surface area (TPSA) is 71.8 Å². The second-order valence-electron chi connectivity index (χ2n) is 4.94. The number of carbonyl (C=O) groups excluding carboxylic acids is 1. The number of carbonyl (C=O) groups is 1. The molecule has 6 heteroatoms. The molecule has 0 radical (unpaired) electrons. The minimum absolute atomic E-state index is 0.0279. The maximum Gasteiger partial charge on any atom is 0.241 e. The van der Waals surface area contributed by atoms with E-state index in [2.05, 4.69) is 20.8 Å². The Kier molecular flexibility index (Phi) is 3.47. The smallest absolute Gasteiger partial charge is 0.241 e. The van der Waals surface area contributed by atoms with Crippen molar-refractivity contribution >= 4 is 11.6 Å². The maximum atomic E-state index is 12.1. The SMILES string of the molecule is Cc1nncn1-c1cccc(NC(=O)[C@@H]2CCCN2)c1. The van der Waals surface area contributed by atoms with Crippen molar-refractivity contribution in [3.63, 3.8) is 0 Å². The van der Waals surface area contributed by atoms with Crippen LogP contribution in [0.15, 0.2) is 30.6 Å². The van der Waals surface area contributed by atoms with Crippen molar-refractivity contribution in [3.05, 3.63) is 36.4 Å².